The Hall–Kier alpha value is -0.810. The molecule has 5 heteroatoms. The Morgan fingerprint density at radius 1 is 1.29 bits per heavy atom. The fraction of sp³-hybridized carbons (Fsp3) is 0.917. The molecule has 1 N–H and O–H groups in total. The minimum absolute atomic E-state index is 0.0594. The normalized spacial score (nSPS) is 31.6. The molecule has 0 radical (unpaired) electrons. The summed E-state index contributed by atoms with van der Waals surface area (Å²) >= 11 is 0. The molecule has 0 aromatic heterocycles. The molecule has 2 aliphatic heterocycles. The van der Waals surface area contributed by atoms with Crippen LogP contribution in [0.2, 0.25) is 0 Å². The van der Waals surface area contributed by atoms with Gasteiger partial charge in [0.15, 0.2) is 0 Å². The summed E-state index contributed by atoms with van der Waals surface area (Å²) < 4.78 is 10.4. The van der Waals surface area contributed by atoms with Gasteiger partial charge in [0.25, 0.3) is 0 Å². The minimum Gasteiger partial charge on any atom is -0.383 e. The number of nitrogens with one attached hydrogen (secondary N) is 1. The van der Waals surface area contributed by atoms with Crippen LogP contribution in [-0.2, 0) is 9.47 Å². The Morgan fingerprint density at radius 2 is 1.94 bits per heavy atom. The molecule has 2 amide bonds. The van der Waals surface area contributed by atoms with Crippen LogP contribution in [0.4, 0.5) is 4.79 Å². The summed E-state index contributed by atoms with van der Waals surface area (Å²) in [6.07, 6.45) is 4.51. The fourth-order valence-corrected chi connectivity index (χ4v) is 3.00. The average Bonchev–Trinajstić information content (AvgIpc) is 2.60. The van der Waals surface area contributed by atoms with Crippen LogP contribution in [0.5, 0.6) is 0 Å². The van der Waals surface area contributed by atoms with Crippen LogP contribution in [0.15, 0.2) is 0 Å². The highest BCUT2D eigenvalue weighted by Crippen LogP contribution is 2.36. The molecule has 0 aliphatic carbocycles. The number of fused-ring (bicyclic) bond motifs is 2. The van der Waals surface area contributed by atoms with Crippen molar-refractivity contribution in [2.75, 3.05) is 27.4 Å². The number of hydrogen-bond donors (Lipinski definition) is 1. The highest BCUT2D eigenvalue weighted by Gasteiger charge is 2.43. The van der Waals surface area contributed by atoms with Gasteiger partial charge in [0.1, 0.15) is 0 Å². The molecule has 98 valence electrons. The van der Waals surface area contributed by atoms with E-state index < -0.39 is 0 Å². The lowest BCUT2D eigenvalue weighted by molar-refractivity contribution is 0.0207. The summed E-state index contributed by atoms with van der Waals surface area (Å²) in [6, 6.07) is 0.784. The average molecular weight is 242 g/mol. The lowest BCUT2D eigenvalue weighted by Crippen LogP contribution is -2.52. The topological polar surface area (TPSA) is 50.8 Å². The molecule has 2 rings (SSSR count). The third-order valence-electron chi connectivity index (χ3n) is 3.84. The number of amides is 2. The van der Waals surface area contributed by atoms with Gasteiger partial charge in [-0.1, -0.05) is 0 Å². The van der Waals surface area contributed by atoms with Crippen molar-refractivity contribution in [3.63, 3.8) is 0 Å². The van der Waals surface area contributed by atoms with E-state index in [9.17, 15) is 4.79 Å². The number of hydrogen-bond acceptors (Lipinski definition) is 3. The predicted octanol–water partition coefficient (Wildman–Crippen LogP) is 0.984. The van der Waals surface area contributed by atoms with Gasteiger partial charge in [0.2, 0.25) is 0 Å². The molecule has 2 aliphatic rings. The Labute approximate surface area is 102 Å². The molecule has 2 atom stereocenters. The second-order valence-corrected chi connectivity index (χ2v) is 4.85. The number of methoxy groups -OCH3 is 2. The van der Waals surface area contributed by atoms with Crippen molar-refractivity contribution in [1.29, 1.82) is 0 Å². The van der Waals surface area contributed by atoms with E-state index in [4.69, 9.17) is 9.47 Å². The zero-order chi connectivity index (χ0) is 12.3. The van der Waals surface area contributed by atoms with Gasteiger partial charge < -0.3 is 19.7 Å². The number of urea groups is 1. The first-order chi connectivity index (χ1) is 8.26. The predicted molar refractivity (Wildman–Crippen MR) is 64.0 cm³/mol. The molecule has 2 heterocycles. The SMILES string of the molecule is COCCNC(=O)N1C2CCC1CC(OC)C2. The van der Waals surface area contributed by atoms with Crippen molar-refractivity contribution < 1.29 is 14.3 Å². The van der Waals surface area contributed by atoms with Crippen LogP contribution >= 0.6 is 0 Å². The monoisotopic (exact) mass is 242 g/mol. The fourth-order valence-electron chi connectivity index (χ4n) is 3.00. The van der Waals surface area contributed by atoms with E-state index in [1.54, 1.807) is 14.2 Å². The largest absolute Gasteiger partial charge is 0.383 e. The smallest absolute Gasteiger partial charge is 0.317 e. The summed E-state index contributed by atoms with van der Waals surface area (Å²) in [5.74, 6) is 0. The van der Waals surface area contributed by atoms with Crippen molar-refractivity contribution in [2.24, 2.45) is 0 Å². The van der Waals surface area contributed by atoms with Crippen LogP contribution in [-0.4, -0.2) is 56.5 Å². The van der Waals surface area contributed by atoms with E-state index in [1.165, 1.54) is 0 Å². The van der Waals surface area contributed by atoms with Gasteiger partial charge in [-0.3, -0.25) is 0 Å². The zero-order valence-corrected chi connectivity index (χ0v) is 10.6. The highest BCUT2D eigenvalue weighted by atomic mass is 16.5. The van der Waals surface area contributed by atoms with E-state index in [0.29, 0.717) is 31.3 Å². The first-order valence-electron chi connectivity index (χ1n) is 6.34. The van der Waals surface area contributed by atoms with E-state index in [-0.39, 0.29) is 6.03 Å². The number of ether oxygens (including phenoxy) is 2. The van der Waals surface area contributed by atoms with E-state index in [1.807, 2.05) is 4.90 Å². The molecule has 2 saturated heterocycles. The second kappa shape index (κ2) is 5.69. The molecule has 5 nitrogen and oxygen atoms in total. The van der Waals surface area contributed by atoms with Crippen molar-refractivity contribution in [3.8, 4) is 0 Å². The molecule has 2 bridgehead atoms. The van der Waals surface area contributed by atoms with Crippen LogP contribution in [0.25, 0.3) is 0 Å². The molecule has 17 heavy (non-hydrogen) atoms. The summed E-state index contributed by atoms with van der Waals surface area (Å²) in [4.78, 5) is 14.1. The van der Waals surface area contributed by atoms with Crippen molar-refractivity contribution in [2.45, 2.75) is 43.9 Å². The maximum absolute atomic E-state index is 12.0. The molecule has 2 fully saturated rings. The van der Waals surface area contributed by atoms with Crippen molar-refractivity contribution in [1.82, 2.24) is 10.2 Å². The quantitative estimate of drug-likeness (QED) is 0.748. The van der Waals surface area contributed by atoms with Crippen LogP contribution < -0.4 is 5.32 Å². The minimum atomic E-state index is 0.0594. The third-order valence-corrected chi connectivity index (χ3v) is 3.84. The third kappa shape index (κ3) is 2.72. The van der Waals surface area contributed by atoms with Gasteiger partial charge in [-0.05, 0) is 25.7 Å². The maximum atomic E-state index is 12.0. The maximum Gasteiger partial charge on any atom is 0.317 e. The molecule has 0 spiro atoms. The Bertz CT molecular complexity index is 258. The van der Waals surface area contributed by atoms with Gasteiger partial charge in [-0.25, -0.2) is 4.79 Å². The first-order valence-corrected chi connectivity index (χ1v) is 6.34. The Morgan fingerprint density at radius 3 is 2.47 bits per heavy atom. The van der Waals surface area contributed by atoms with Crippen LogP contribution in [0.1, 0.15) is 25.7 Å². The van der Waals surface area contributed by atoms with E-state index in [0.717, 1.165) is 25.7 Å². The first kappa shape index (κ1) is 12.6. The molecule has 0 aromatic rings. The standard InChI is InChI=1S/C12H22N2O3/c1-16-6-5-13-12(15)14-9-3-4-10(14)8-11(7-9)17-2/h9-11H,3-8H2,1-2H3,(H,13,15). The summed E-state index contributed by atoms with van der Waals surface area (Å²) in [5, 5.41) is 2.91. The van der Waals surface area contributed by atoms with E-state index in [2.05, 4.69) is 5.32 Å². The van der Waals surface area contributed by atoms with Gasteiger partial charge >= 0.3 is 6.03 Å². The second-order valence-electron chi connectivity index (χ2n) is 4.85. The van der Waals surface area contributed by atoms with Gasteiger partial charge in [0.05, 0.1) is 12.7 Å². The number of piperidine rings is 1. The van der Waals surface area contributed by atoms with Crippen LogP contribution in [0.3, 0.4) is 0 Å². The van der Waals surface area contributed by atoms with Gasteiger partial charge in [0, 0.05) is 32.8 Å². The van der Waals surface area contributed by atoms with Crippen molar-refractivity contribution in [3.05, 3.63) is 0 Å². The number of carbonyl (C=O) groups excluding carboxylic acids is 1. The summed E-state index contributed by atoms with van der Waals surface area (Å²) in [6.45, 7) is 1.15. The highest BCUT2D eigenvalue weighted by molar-refractivity contribution is 5.75. The van der Waals surface area contributed by atoms with Gasteiger partial charge in [-0.2, -0.15) is 0 Å². The molecule has 2 unspecified atom stereocenters. The summed E-state index contributed by atoms with van der Waals surface area (Å²) in [7, 11) is 3.40. The molecule has 0 saturated carbocycles. The van der Waals surface area contributed by atoms with E-state index >= 15 is 0 Å². The molecular formula is C12H22N2O3. The number of rotatable bonds is 4. The summed E-state index contributed by atoms with van der Waals surface area (Å²) in [5.41, 5.74) is 0. The lowest BCUT2D eigenvalue weighted by atomic mass is 10.0. The number of carbonyl (C=O) groups is 1. The zero-order valence-electron chi connectivity index (χ0n) is 10.6. The van der Waals surface area contributed by atoms with Crippen molar-refractivity contribution >= 4 is 6.03 Å². The van der Waals surface area contributed by atoms with Gasteiger partial charge in [-0.15, -0.1) is 0 Å². The Balaban J connectivity index is 1.87. The van der Waals surface area contributed by atoms with Crippen LogP contribution in [0, 0.1) is 0 Å². The molecule has 0 aromatic carbocycles. The molecular weight excluding hydrogens is 220 g/mol. The lowest BCUT2D eigenvalue weighted by Gasteiger charge is -2.38. The number of nitrogens with zero attached hydrogens (tertiary/aromatic N) is 1. The Kier molecular flexibility index (Phi) is 4.23.